The predicted octanol–water partition coefficient (Wildman–Crippen LogP) is 9.28. The summed E-state index contributed by atoms with van der Waals surface area (Å²) in [6.45, 7) is 11.2. The number of esters is 2. The van der Waals surface area contributed by atoms with Gasteiger partial charge in [0.1, 0.15) is 0 Å². The molecule has 0 aliphatic carbocycles. The van der Waals surface area contributed by atoms with Crippen LogP contribution in [0.15, 0.2) is 0 Å². The maximum Gasteiger partial charge on any atom is 0.308 e. The summed E-state index contributed by atoms with van der Waals surface area (Å²) in [6, 6.07) is 0. The van der Waals surface area contributed by atoms with Gasteiger partial charge in [-0.25, -0.2) is 0 Å². The van der Waals surface area contributed by atoms with E-state index in [4.69, 9.17) is 14.2 Å². The topological polar surface area (TPSA) is 65.1 Å². The van der Waals surface area contributed by atoms with Crippen molar-refractivity contribution in [2.24, 2.45) is 5.92 Å². The monoisotopic (exact) mass is 584 g/mol. The SMILES string of the molecule is CCCCCCCCC(CCCCCC)C(=O)OCCCCCCN(CCCCCCOC)CCCCOC(C)=O. The van der Waals surface area contributed by atoms with Crippen LogP contribution in [0.3, 0.4) is 0 Å². The zero-order valence-corrected chi connectivity index (χ0v) is 27.9. The van der Waals surface area contributed by atoms with Crippen LogP contribution in [-0.2, 0) is 23.8 Å². The number of carbonyl (C=O) groups is 2. The molecule has 0 spiro atoms. The average molecular weight is 584 g/mol. The van der Waals surface area contributed by atoms with Gasteiger partial charge in [0, 0.05) is 20.6 Å². The van der Waals surface area contributed by atoms with E-state index in [1.807, 2.05) is 0 Å². The van der Waals surface area contributed by atoms with Gasteiger partial charge >= 0.3 is 11.9 Å². The van der Waals surface area contributed by atoms with Crippen molar-refractivity contribution in [2.75, 3.05) is 46.6 Å². The van der Waals surface area contributed by atoms with Crippen LogP contribution in [0.4, 0.5) is 0 Å². The molecule has 0 N–H and O–H groups in total. The first kappa shape index (κ1) is 39.9. The number of methoxy groups -OCH3 is 1. The molecule has 1 unspecified atom stereocenters. The van der Waals surface area contributed by atoms with Crippen molar-refractivity contribution in [3.05, 3.63) is 0 Å². The zero-order chi connectivity index (χ0) is 30.2. The van der Waals surface area contributed by atoms with E-state index >= 15 is 0 Å². The number of nitrogens with zero attached hydrogens (tertiary/aromatic N) is 1. The Bertz CT molecular complexity index is 571. The van der Waals surface area contributed by atoms with E-state index in [-0.39, 0.29) is 17.9 Å². The maximum atomic E-state index is 12.9. The van der Waals surface area contributed by atoms with E-state index in [1.54, 1.807) is 7.11 Å². The van der Waals surface area contributed by atoms with E-state index in [0.29, 0.717) is 13.2 Å². The highest BCUT2D eigenvalue weighted by molar-refractivity contribution is 5.72. The summed E-state index contributed by atoms with van der Waals surface area (Å²) in [4.78, 5) is 26.4. The van der Waals surface area contributed by atoms with Crippen molar-refractivity contribution in [2.45, 2.75) is 162 Å². The quantitative estimate of drug-likeness (QED) is 0.0581. The fourth-order valence-electron chi connectivity index (χ4n) is 5.37. The van der Waals surface area contributed by atoms with Gasteiger partial charge in [0.15, 0.2) is 0 Å². The molecule has 0 aliphatic heterocycles. The van der Waals surface area contributed by atoms with Crippen molar-refractivity contribution in [1.29, 1.82) is 0 Å². The highest BCUT2D eigenvalue weighted by atomic mass is 16.5. The molecule has 0 aromatic carbocycles. The average Bonchev–Trinajstić information content (AvgIpc) is 2.96. The molecule has 0 aromatic rings. The Hall–Kier alpha value is -1.14. The lowest BCUT2D eigenvalue weighted by molar-refractivity contribution is -0.149. The summed E-state index contributed by atoms with van der Waals surface area (Å²) in [6.07, 6.45) is 25.8. The van der Waals surface area contributed by atoms with Crippen molar-refractivity contribution < 1.29 is 23.8 Å². The van der Waals surface area contributed by atoms with Gasteiger partial charge in [-0.05, 0) is 71.0 Å². The Kier molecular flexibility index (Phi) is 30.9. The van der Waals surface area contributed by atoms with Gasteiger partial charge < -0.3 is 19.1 Å². The maximum absolute atomic E-state index is 12.9. The van der Waals surface area contributed by atoms with E-state index in [2.05, 4.69) is 18.7 Å². The van der Waals surface area contributed by atoms with Crippen LogP contribution in [0.2, 0.25) is 0 Å². The molecular weight excluding hydrogens is 514 g/mol. The van der Waals surface area contributed by atoms with Crippen LogP contribution < -0.4 is 0 Å². The van der Waals surface area contributed by atoms with Crippen LogP contribution >= 0.6 is 0 Å². The third-order valence-corrected chi connectivity index (χ3v) is 8.01. The van der Waals surface area contributed by atoms with Gasteiger partial charge in [0.2, 0.25) is 0 Å². The van der Waals surface area contributed by atoms with Crippen LogP contribution in [0.1, 0.15) is 162 Å². The van der Waals surface area contributed by atoms with Gasteiger partial charge in [0.25, 0.3) is 0 Å². The minimum absolute atomic E-state index is 0.0560. The number of hydrogen-bond donors (Lipinski definition) is 0. The lowest BCUT2D eigenvalue weighted by atomic mass is 9.94. The summed E-state index contributed by atoms with van der Waals surface area (Å²) >= 11 is 0. The summed E-state index contributed by atoms with van der Waals surface area (Å²) in [5.41, 5.74) is 0. The third kappa shape index (κ3) is 28.7. The third-order valence-electron chi connectivity index (χ3n) is 8.01. The van der Waals surface area contributed by atoms with E-state index in [1.165, 1.54) is 90.4 Å². The largest absolute Gasteiger partial charge is 0.466 e. The second-order valence-electron chi connectivity index (χ2n) is 12.0. The number of carbonyl (C=O) groups excluding carboxylic acids is 2. The lowest BCUT2D eigenvalue weighted by Crippen LogP contribution is -2.27. The summed E-state index contributed by atoms with van der Waals surface area (Å²) in [7, 11) is 1.77. The molecule has 0 amide bonds. The molecule has 0 rings (SSSR count). The van der Waals surface area contributed by atoms with Crippen LogP contribution in [0.5, 0.6) is 0 Å². The highest BCUT2D eigenvalue weighted by Gasteiger charge is 2.19. The number of hydrogen-bond acceptors (Lipinski definition) is 6. The fourth-order valence-corrected chi connectivity index (χ4v) is 5.37. The lowest BCUT2D eigenvalue weighted by Gasteiger charge is -2.22. The second kappa shape index (κ2) is 31.8. The Labute approximate surface area is 255 Å². The zero-order valence-electron chi connectivity index (χ0n) is 27.9. The van der Waals surface area contributed by atoms with E-state index in [0.717, 1.165) is 84.0 Å². The molecule has 6 nitrogen and oxygen atoms in total. The Balaban J connectivity index is 4.24. The smallest absolute Gasteiger partial charge is 0.308 e. The second-order valence-corrected chi connectivity index (χ2v) is 12.0. The minimum atomic E-state index is -0.191. The number of ether oxygens (including phenoxy) is 3. The minimum Gasteiger partial charge on any atom is -0.466 e. The molecular formula is C35H69NO5. The first-order valence-electron chi connectivity index (χ1n) is 17.6. The Morgan fingerprint density at radius 3 is 1.51 bits per heavy atom. The van der Waals surface area contributed by atoms with Gasteiger partial charge in [-0.2, -0.15) is 0 Å². The molecule has 0 saturated heterocycles. The fraction of sp³-hybridized carbons (Fsp3) is 0.943. The van der Waals surface area contributed by atoms with Gasteiger partial charge in [-0.3, -0.25) is 9.59 Å². The first-order chi connectivity index (χ1) is 20.0. The molecule has 0 aliphatic rings. The highest BCUT2D eigenvalue weighted by Crippen LogP contribution is 2.21. The first-order valence-corrected chi connectivity index (χ1v) is 17.6. The van der Waals surface area contributed by atoms with Crippen molar-refractivity contribution in [1.82, 2.24) is 4.90 Å². The molecule has 0 bridgehead atoms. The van der Waals surface area contributed by atoms with E-state index < -0.39 is 0 Å². The summed E-state index contributed by atoms with van der Waals surface area (Å²) < 4.78 is 16.0. The standard InChI is InChI=1S/C35H69NO5/c1-5-7-9-11-12-18-26-34(25-17-10-8-6-2)35(38)41-32-23-16-14-20-28-36(27-19-13-15-22-30-39-4)29-21-24-31-40-33(3)37/h34H,5-32H2,1-4H3. The van der Waals surface area contributed by atoms with Crippen molar-refractivity contribution >= 4 is 11.9 Å². The molecule has 0 radical (unpaired) electrons. The molecule has 41 heavy (non-hydrogen) atoms. The summed E-state index contributed by atoms with van der Waals surface area (Å²) in [5.74, 6) is -0.0358. The normalized spacial score (nSPS) is 12.1. The predicted molar refractivity (Wildman–Crippen MR) is 172 cm³/mol. The van der Waals surface area contributed by atoms with E-state index in [9.17, 15) is 9.59 Å². The summed E-state index contributed by atoms with van der Waals surface area (Å²) in [5, 5.41) is 0. The Morgan fingerprint density at radius 1 is 0.537 bits per heavy atom. The molecule has 6 heteroatoms. The molecule has 1 atom stereocenters. The Morgan fingerprint density at radius 2 is 0.951 bits per heavy atom. The van der Waals surface area contributed by atoms with Gasteiger partial charge in [0.05, 0.1) is 19.1 Å². The van der Waals surface area contributed by atoms with Crippen molar-refractivity contribution in [3.8, 4) is 0 Å². The molecule has 244 valence electrons. The van der Waals surface area contributed by atoms with Gasteiger partial charge in [-0.1, -0.05) is 104 Å². The van der Waals surface area contributed by atoms with Crippen LogP contribution in [-0.4, -0.2) is 63.4 Å². The molecule has 0 heterocycles. The van der Waals surface area contributed by atoms with Crippen LogP contribution in [0, 0.1) is 5.92 Å². The van der Waals surface area contributed by atoms with Crippen LogP contribution in [0.25, 0.3) is 0 Å². The van der Waals surface area contributed by atoms with Gasteiger partial charge in [-0.15, -0.1) is 0 Å². The number of rotatable bonds is 32. The number of unbranched alkanes of at least 4 members (excludes halogenated alkanes) is 15. The molecule has 0 fully saturated rings. The molecule has 0 aromatic heterocycles. The van der Waals surface area contributed by atoms with Crippen molar-refractivity contribution in [3.63, 3.8) is 0 Å². The molecule has 0 saturated carbocycles.